The van der Waals surface area contributed by atoms with Crippen LogP contribution in [-0.2, 0) is 16.5 Å². The minimum Gasteiger partial charge on any atom is -0.870 e. The van der Waals surface area contributed by atoms with E-state index in [9.17, 15) is 13.5 Å². The fourth-order valence-corrected chi connectivity index (χ4v) is 3.58. The maximum absolute atomic E-state index is 11.9. The van der Waals surface area contributed by atoms with Crippen LogP contribution in [0, 0.1) is 0 Å². The van der Waals surface area contributed by atoms with E-state index in [0.717, 1.165) is 36.6 Å². The Balaban J connectivity index is 0.00000420. The number of hydrogen-bond donors (Lipinski definition) is 1. The molecule has 0 radical (unpaired) electrons. The van der Waals surface area contributed by atoms with Crippen LogP contribution in [0.3, 0.4) is 0 Å². The van der Waals surface area contributed by atoms with Gasteiger partial charge in [-0.05, 0) is 36.6 Å². The summed E-state index contributed by atoms with van der Waals surface area (Å²) in [5.74, 6) is -0.0955. The van der Waals surface area contributed by atoms with Gasteiger partial charge in [0, 0.05) is 6.07 Å². The van der Waals surface area contributed by atoms with E-state index in [1.54, 1.807) is 6.07 Å². The van der Waals surface area contributed by atoms with Crippen molar-refractivity contribution in [2.45, 2.75) is 69.6 Å². The average Bonchev–Trinajstić information content (AvgIpc) is 2.65. The number of unbranched alkanes of at least 4 members (excludes halogenated alkanes) is 7. The Morgan fingerprint density at radius 3 is 2.24 bits per heavy atom. The van der Waals surface area contributed by atoms with Gasteiger partial charge in [0.2, 0.25) is 0 Å². The van der Waals surface area contributed by atoms with Crippen LogP contribution in [0.5, 0.6) is 17.2 Å². The summed E-state index contributed by atoms with van der Waals surface area (Å²) in [4.78, 5) is -0.364. The van der Waals surface area contributed by atoms with Crippen molar-refractivity contribution in [3.05, 3.63) is 48.0 Å². The van der Waals surface area contributed by atoms with E-state index in [1.807, 2.05) is 18.2 Å². The maximum atomic E-state index is 11.9. The molecule has 0 aliphatic carbocycles. The van der Waals surface area contributed by atoms with Gasteiger partial charge < -0.3 is 9.84 Å². The summed E-state index contributed by atoms with van der Waals surface area (Å²) in [6, 6.07) is 10.6. The van der Waals surface area contributed by atoms with Crippen LogP contribution in [-0.4, -0.2) is 13.0 Å². The first-order chi connectivity index (χ1) is 13.4. The predicted molar refractivity (Wildman–Crippen MR) is 109 cm³/mol. The van der Waals surface area contributed by atoms with Crippen molar-refractivity contribution >= 4 is 10.1 Å². The van der Waals surface area contributed by atoms with Crippen LogP contribution in [0.2, 0.25) is 0 Å². The zero-order valence-corrected chi connectivity index (χ0v) is 21.3. The average molecular weight is 445 g/mol. The van der Waals surface area contributed by atoms with E-state index in [0.29, 0.717) is 5.75 Å². The first kappa shape index (κ1) is 26.6. The van der Waals surface area contributed by atoms with Crippen molar-refractivity contribution in [1.82, 2.24) is 0 Å². The van der Waals surface area contributed by atoms with Gasteiger partial charge in [0.05, 0.1) is 4.90 Å². The van der Waals surface area contributed by atoms with Gasteiger partial charge in [-0.2, -0.15) is 8.42 Å². The van der Waals surface area contributed by atoms with E-state index in [2.05, 4.69) is 6.92 Å². The molecular formula is C22H29KO5S. The molecule has 0 aromatic heterocycles. The Morgan fingerprint density at radius 2 is 1.59 bits per heavy atom. The van der Waals surface area contributed by atoms with Gasteiger partial charge >= 0.3 is 51.4 Å². The molecular weight excluding hydrogens is 415 g/mol. The van der Waals surface area contributed by atoms with E-state index in [-0.39, 0.29) is 62.0 Å². The molecule has 7 heteroatoms. The van der Waals surface area contributed by atoms with Crippen LogP contribution in [0.4, 0.5) is 0 Å². The largest absolute Gasteiger partial charge is 1.00 e. The molecule has 154 valence electrons. The molecule has 0 saturated heterocycles. The quantitative estimate of drug-likeness (QED) is 0.309. The third-order valence-corrected chi connectivity index (χ3v) is 5.51. The summed E-state index contributed by atoms with van der Waals surface area (Å²) < 4.78 is 37.2. The molecule has 0 spiro atoms. The maximum Gasteiger partial charge on any atom is 1.00 e. The Morgan fingerprint density at radius 1 is 0.931 bits per heavy atom. The van der Waals surface area contributed by atoms with E-state index >= 15 is 0 Å². The summed E-state index contributed by atoms with van der Waals surface area (Å²) in [7, 11) is -4.39. The van der Waals surface area contributed by atoms with Crippen LogP contribution in [0.25, 0.3) is 0 Å². The molecule has 2 aromatic rings. The summed E-state index contributed by atoms with van der Waals surface area (Å²) in [5, 5.41) is 11.9. The van der Waals surface area contributed by atoms with Gasteiger partial charge in [0.25, 0.3) is 10.1 Å². The number of aryl methyl sites for hydroxylation is 1. The van der Waals surface area contributed by atoms with Gasteiger partial charge in [0.15, 0.2) is 0 Å². The number of rotatable bonds is 12. The molecule has 0 atom stereocenters. The van der Waals surface area contributed by atoms with Crippen LogP contribution < -0.4 is 61.2 Å². The third-order valence-electron chi connectivity index (χ3n) is 4.66. The number of benzene rings is 2. The van der Waals surface area contributed by atoms with E-state index in [4.69, 9.17) is 9.29 Å². The molecule has 0 saturated carbocycles. The SMILES string of the molecule is CCCCCCCCCCc1cccc(Oc2cc(S(=O)(=O)O)ccc2[O-])c1.[K+]. The summed E-state index contributed by atoms with van der Waals surface area (Å²) in [6.07, 6.45) is 11.0. The van der Waals surface area contributed by atoms with Crippen molar-refractivity contribution in [1.29, 1.82) is 0 Å². The van der Waals surface area contributed by atoms with Gasteiger partial charge in [-0.25, -0.2) is 0 Å². The van der Waals surface area contributed by atoms with Crippen molar-refractivity contribution in [3.8, 4) is 17.2 Å². The fourth-order valence-electron chi connectivity index (χ4n) is 3.08. The molecule has 0 heterocycles. The predicted octanol–water partition coefficient (Wildman–Crippen LogP) is 2.49. The fraction of sp³-hybridized carbons (Fsp3) is 0.455. The standard InChI is InChI=1S/C22H30O5S.K/c1-2-3-4-5-6-7-8-9-11-18-12-10-13-19(16-18)27-22-17-20(28(24,25)26)14-15-21(22)23;/h10,12-17,23H,2-9,11H2,1H3,(H,24,25,26);/q;+1/p-1. The molecule has 0 unspecified atom stereocenters. The van der Waals surface area contributed by atoms with Gasteiger partial charge in [-0.15, -0.1) is 0 Å². The first-order valence-electron chi connectivity index (χ1n) is 9.95. The topological polar surface area (TPSA) is 86.7 Å². The third kappa shape index (κ3) is 9.96. The Hall–Kier alpha value is -0.414. The second kappa shape index (κ2) is 13.8. The first-order valence-corrected chi connectivity index (χ1v) is 11.4. The van der Waals surface area contributed by atoms with Crippen LogP contribution >= 0.6 is 0 Å². The Kier molecular flexibility index (Phi) is 12.7. The van der Waals surface area contributed by atoms with Crippen molar-refractivity contribution in [3.63, 3.8) is 0 Å². The van der Waals surface area contributed by atoms with Gasteiger partial charge in [0.1, 0.15) is 11.5 Å². The molecule has 1 N–H and O–H groups in total. The number of ether oxygens (including phenoxy) is 1. The van der Waals surface area contributed by atoms with E-state index in [1.165, 1.54) is 44.9 Å². The monoisotopic (exact) mass is 444 g/mol. The zero-order valence-electron chi connectivity index (χ0n) is 17.4. The van der Waals surface area contributed by atoms with Gasteiger partial charge in [-0.1, -0.05) is 75.8 Å². The van der Waals surface area contributed by atoms with Crippen molar-refractivity contribution in [2.75, 3.05) is 0 Å². The molecule has 0 aliphatic heterocycles. The zero-order chi connectivity index (χ0) is 20.4. The second-order valence-corrected chi connectivity index (χ2v) is 8.48. The summed E-state index contributed by atoms with van der Waals surface area (Å²) in [6.45, 7) is 2.22. The smallest absolute Gasteiger partial charge is 0.870 e. The summed E-state index contributed by atoms with van der Waals surface area (Å²) in [5.41, 5.74) is 1.11. The minimum absolute atomic E-state index is 0. The molecule has 29 heavy (non-hydrogen) atoms. The van der Waals surface area contributed by atoms with Crippen molar-refractivity contribution < 1.29 is 74.2 Å². The number of hydrogen-bond acceptors (Lipinski definition) is 4. The van der Waals surface area contributed by atoms with Crippen molar-refractivity contribution in [2.24, 2.45) is 0 Å². The molecule has 0 aliphatic rings. The molecule has 2 aromatic carbocycles. The molecule has 2 rings (SSSR count). The van der Waals surface area contributed by atoms with Crippen LogP contribution in [0.1, 0.15) is 63.9 Å². The minimum atomic E-state index is -4.39. The van der Waals surface area contributed by atoms with Gasteiger partial charge in [-0.3, -0.25) is 4.55 Å². The normalized spacial score (nSPS) is 11.1. The molecule has 5 nitrogen and oxygen atoms in total. The summed E-state index contributed by atoms with van der Waals surface area (Å²) >= 11 is 0. The second-order valence-electron chi connectivity index (χ2n) is 7.06. The molecule has 0 fully saturated rings. The molecule has 0 amide bonds. The van der Waals surface area contributed by atoms with Crippen LogP contribution in [0.15, 0.2) is 47.4 Å². The Labute approximate surface area is 217 Å². The Bertz CT molecular complexity index is 852. The molecule has 0 bridgehead atoms. The van der Waals surface area contributed by atoms with E-state index < -0.39 is 15.9 Å².